The minimum Gasteiger partial charge on any atom is -0.355 e. The molecular formula is C12H16Cl2N2O3S. The maximum absolute atomic E-state index is 11.8. The first-order chi connectivity index (χ1) is 9.25. The van der Waals surface area contributed by atoms with Gasteiger partial charge >= 0.3 is 0 Å². The quantitative estimate of drug-likeness (QED) is 0.865. The lowest BCUT2D eigenvalue weighted by Gasteiger charge is -2.23. The van der Waals surface area contributed by atoms with Crippen LogP contribution in [0.1, 0.15) is 13.3 Å². The van der Waals surface area contributed by atoms with Crippen LogP contribution in [0.5, 0.6) is 0 Å². The molecule has 0 atom stereocenters. The van der Waals surface area contributed by atoms with Crippen LogP contribution in [0.3, 0.4) is 0 Å². The maximum atomic E-state index is 11.8. The van der Waals surface area contributed by atoms with Crippen molar-refractivity contribution in [1.82, 2.24) is 5.32 Å². The zero-order valence-electron chi connectivity index (χ0n) is 11.2. The van der Waals surface area contributed by atoms with Crippen molar-refractivity contribution in [2.45, 2.75) is 13.3 Å². The van der Waals surface area contributed by atoms with Gasteiger partial charge in [-0.1, -0.05) is 30.1 Å². The highest BCUT2D eigenvalue weighted by molar-refractivity contribution is 7.92. The molecule has 0 saturated carbocycles. The van der Waals surface area contributed by atoms with Crippen LogP contribution in [-0.4, -0.2) is 33.7 Å². The SMILES string of the molecule is CCCNC(=O)CN(c1ccc(Cl)cc1Cl)S(C)(=O)=O. The zero-order chi connectivity index (χ0) is 15.3. The average Bonchev–Trinajstić information content (AvgIpc) is 2.33. The van der Waals surface area contributed by atoms with Crippen molar-refractivity contribution >= 4 is 44.8 Å². The first-order valence-electron chi connectivity index (χ1n) is 5.95. The van der Waals surface area contributed by atoms with Crippen molar-refractivity contribution < 1.29 is 13.2 Å². The number of hydrogen-bond acceptors (Lipinski definition) is 3. The summed E-state index contributed by atoms with van der Waals surface area (Å²) >= 11 is 11.8. The molecule has 5 nitrogen and oxygen atoms in total. The second-order valence-electron chi connectivity index (χ2n) is 4.22. The number of nitrogens with one attached hydrogen (secondary N) is 1. The van der Waals surface area contributed by atoms with Gasteiger partial charge in [-0.15, -0.1) is 0 Å². The molecule has 1 amide bonds. The molecule has 0 bridgehead atoms. The van der Waals surface area contributed by atoms with Crippen molar-refractivity contribution in [2.24, 2.45) is 0 Å². The fraction of sp³-hybridized carbons (Fsp3) is 0.417. The Morgan fingerprint density at radius 1 is 1.35 bits per heavy atom. The Balaban J connectivity index is 3.05. The lowest BCUT2D eigenvalue weighted by atomic mass is 10.3. The molecular weight excluding hydrogens is 323 g/mol. The van der Waals surface area contributed by atoms with Gasteiger partial charge in [0.15, 0.2) is 0 Å². The van der Waals surface area contributed by atoms with E-state index < -0.39 is 10.0 Å². The van der Waals surface area contributed by atoms with Crippen molar-refractivity contribution in [3.05, 3.63) is 28.2 Å². The lowest BCUT2D eigenvalue weighted by Crippen LogP contribution is -2.40. The van der Waals surface area contributed by atoms with Crippen LogP contribution >= 0.6 is 23.2 Å². The van der Waals surface area contributed by atoms with Crippen LogP contribution in [0.2, 0.25) is 10.0 Å². The number of anilines is 1. The Bertz CT molecular complexity index is 590. The first kappa shape index (κ1) is 17.1. The highest BCUT2D eigenvalue weighted by Gasteiger charge is 2.22. The summed E-state index contributed by atoms with van der Waals surface area (Å²) in [6, 6.07) is 4.42. The van der Waals surface area contributed by atoms with Gasteiger partial charge < -0.3 is 5.32 Å². The summed E-state index contributed by atoms with van der Waals surface area (Å²) in [4.78, 5) is 11.7. The van der Waals surface area contributed by atoms with Gasteiger partial charge in [0.05, 0.1) is 17.0 Å². The molecule has 1 N–H and O–H groups in total. The molecule has 0 spiro atoms. The van der Waals surface area contributed by atoms with E-state index in [2.05, 4.69) is 5.32 Å². The summed E-state index contributed by atoms with van der Waals surface area (Å²) in [5.41, 5.74) is 0.227. The van der Waals surface area contributed by atoms with Gasteiger partial charge in [0.1, 0.15) is 6.54 Å². The Morgan fingerprint density at radius 2 is 2.00 bits per heavy atom. The Hall–Kier alpha value is -0.980. The minimum absolute atomic E-state index is 0.172. The van der Waals surface area contributed by atoms with Crippen molar-refractivity contribution in [3.63, 3.8) is 0 Å². The number of amides is 1. The molecule has 0 aliphatic heterocycles. The molecule has 0 fully saturated rings. The predicted octanol–water partition coefficient (Wildman–Crippen LogP) is 2.29. The summed E-state index contributed by atoms with van der Waals surface area (Å²) in [7, 11) is -3.63. The van der Waals surface area contributed by atoms with E-state index in [9.17, 15) is 13.2 Å². The Morgan fingerprint density at radius 3 is 2.50 bits per heavy atom. The summed E-state index contributed by atoms with van der Waals surface area (Å²) in [6.07, 6.45) is 1.79. The summed E-state index contributed by atoms with van der Waals surface area (Å²) in [6.45, 7) is 2.08. The largest absolute Gasteiger partial charge is 0.355 e. The van der Waals surface area contributed by atoms with E-state index in [0.29, 0.717) is 11.6 Å². The lowest BCUT2D eigenvalue weighted by molar-refractivity contribution is -0.119. The van der Waals surface area contributed by atoms with Crippen LogP contribution < -0.4 is 9.62 Å². The Labute approximate surface area is 128 Å². The van der Waals surface area contributed by atoms with Gasteiger partial charge in [0.25, 0.3) is 0 Å². The number of hydrogen-bond donors (Lipinski definition) is 1. The second kappa shape index (κ2) is 7.15. The van der Waals surface area contributed by atoms with Crippen LogP contribution in [0.4, 0.5) is 5.69 Å². The summed E-state index contributed by atoms with van der Waals surface area (Å²) < 4.78 is 24.6. The van der Waals surface area contributed by atoms with Gasteiger partial charge in [0.2, 0.25) is 15.9 Å². The summed E-state index contributed by atoms with van der Waals surface area (Å²) in [5.74, 6) is -0.386. The number of carbonyl (C=O) groups is 1. The number of halogens is 2. The van der Waals surface area contributed by atoms with Crippen molar-refractivity contribution in [2.75, 3.05) is 23.7 Å². The van der Waals surface area contributed by atoms with Gasteiger partial charge in [0, 0.05) is 11.6 Å². The molecule has 0 aromatic heterocycles. The van der Waals surface area contributed by atoms with Crippen LogP contribution in [0.15, 0.2) is 18.2 Å². The first-order valence-corrected chi connectivity index (χ1v) is 8.55. The van der Waals surface area contributed by atoms with E-state index in [1.165, 1.54) is 18.2 Å². The number of benzene rings is 1. The molecule has 0 heterocycles. The zero-order valence-corrected chi connectivity index (χ0v) is 13.5. The molecule has 0 aliphatic rings. The molecule has 0 aliphatic carbocycles. The minimum atomic E-state index is -3.63. The Kier molecular flexibility index (Phi) is 6.10. The van der Waals surface area contributed by atoms with E-state index in [0.717, 1.165) is 17.0 Å². The van der Waals surface area contributed by atoms with Crippen LogP contribution in [-0.2, 0) is 14.8 Å². The third-order valence-corrected chi connectivity index (χ3v) is 4.10. The molecule has 0 saturated heterocycles. The molecule has 1 rings (SSSR count). The smallest absolute Gasteiger partial charge is 0.240 e. The van der Waals surface area contributed by atoms with Gasteiger partial charge in [-0.05, 0) is 24.6 Å². The number of rotatable bonds is 6. The van der Waals surface area contributed by atoms with Crippen LogP contribution in [0, 0.1) is 0 Å². The highest BCUT2D eigenvalue weighted by Crippen LogP contribution is 2.30. The number of nitrogens with zero attached hydrogens (tertiary/aromatic N) is 1. The summed E-state index contributed by atoms with van der Waals surface area (Å²) in [5, 5.41) is 3.19. The average molecular weight is 339 g/mol. The molecule has 20 heavy (non-hydrogen) atoms. The van der Waals surface area contributed by atoms with Crippen LogP contribution in [0.25, 0.3) is 0 Å². The number of carbonyl (C=O) groups excluding carboxylic acids is 1. The fourth-order valence-electron chi connectivity index (χ4n) is 1.52. The second-order valence-corrected chi connectivity index (χ2v) is 6.97. The molecule has 8 heteroatoms. The highest BCUT2D eigenvalue weighted by atomic mass is 35.5. The molecule has 1 aromatic carbocycles. The van der Waals surface area contributed by atoms with E-state index in [1.807, 2.05) is 6.92 Å². The molecule has 1 aromatic rings. The molecule has 112 valence electrons. The third kappa shape index (κ3) is 4.85. The standard InChI is InChI=1S/C12H16Cl2N2O3S/c1-3-6-15-12(17)8-16(20(2,18)19)11-5-4-9(13)7-10(11)14/h4-5,7H,3,6,8H2,1-2H3,(H,15,17). The van der Waals surface area contributed by atoms with Gasteiger partial charge in [-0.2, -0.15) is 0 Å². The predicted molar refractivity (Wildman–Crippen MR) is 82.0 cm³/mol. The molecule has 0 unspecified atom stereocenters. The van der Waals surface area contributed by atoms with Gasteiger partial charge in [-0.25, -0.2) is 8.42 Å². The van der Waals surface area contributed by atoms with E-state index >= 15 is 0 Å². The van der Waals surface area contributed by atoms with Crippen molar-refractivity contribution in [3.8, 4) is 0 Å². The number of sulfonamides is 1. The van der Waals surface area contributed by atoms with E-state index in [4.69, 9.17) is 23.2 Å². The maximum Gasteiger partial charge on any atom is 0.240 e. The molecule has 0 radical (unpaired) electrons. The fourth-order valence-corrected chi connectivity index (χ4v) is 2.94. The third-order valence-electron chi connectivity index (χ3n) is 2.44. The van der Waals surface area contributed by atoms with Crippen molar-refractivity contribution in [1.29, 1.82) is 0 Å². The monoisotopic (exact) mass is 338 g/mol. The van der Waals surface area contributed by atoms with E-state index in [1.54, 1.807) is 0 Å². The topological polar surface area (TPSA) is 66.5 Å². The van der Waals surface area contributed by atoms with E-state index in [-0.39, 0.29) is 23.2 Å². The normalized spacial score (nSPS) is 11.2. The van der Waals surface area contributed by atoms with Gasteiger partial charge in [-0.3, -0.25) is 9.10 Å².